The van der Waals surface area contributed by atoms with E-state index >= 15 is 0 Å². The molecule has 3 heteroatoms. The fraction of sp³-hybridized carbons (Fsp3) is 0.647. The fourth-order valence-electron chi connectivity index (χ4n) is 2.96. The molecule has 1 aliphatic rings. The van der Waals surface area contributed by atoms with Crippen LogP contribution in [0.5, 0.6) is 5.75 Å². The highest BCUT2D eigenvalue weighted by Gasteiger charge is 2.20. The zero-order chi connectivity index (χ0) is 14.4. The molecule has 20 heavy (non-hydrogen) atoms. The van der Waals surface area contributed by atoms with Gasteiger partial charge in [0.1, 0.15) is 5.75 Å². The van der Waals surface area contributed by atoms with Crippen molar-refractivity contribution in [2.75, 3.05) is 32.7 Å². The molecule has 1 unspecified atom stereocenters. The van der Waals surface area contributed by atoms with Crippen LogP contribution in [0.4, 0.5) is 0 Å². The summed E-state index contributed by atoms with van der Waals surface area (Å²) in [6.07, 6.45) is 3.55. The number of aromatic hydroxyl groups is 1. The molecule has 0 bridgehead atoms. The molecule has 2 rings (SSSR count). The van der Waals surface area contributed by atoms with E-state index in [1.807, 2.05) is 12.1 Å². The first-order valence-corrected chi connectivity index (χ1v) is 7.93. The van der Waals surface area contributed by atoms with Crippen LogP contribution >= 0.6 is 0 Å². The van der Waals surface area contributed by atoms with Crippen LogP contribution in [0.1, 0.15) is 32.3 Å². The van der Waals surface area contributed by atoms with Gasteiger partial charge in [0.25, 0.3) is 0 Å². The Labute approximate surface area is 123 Å². The zero-order valence-electron chi connectivity index (χ0n) is 12.9. The summed E-state index contributed by atoms with van der Waals surface area (Å²) in [6, 6.07) is 8.27. The van der Waals surface area contributed by atoms with Gasteiger partial charge in [0.2, 0.25) is 0 Å². The van der Waals surface area contributed by atoms with Gasteiger partial charge in [-0.15, -0.1) is 0 Å². The molecule has 0 amide bonds. The van der Waals surface area contributed by atoms with Crippen molar-refractivity contribution in [2.45, 2.75) is 39.2 Å². The maximum atomic E-state index is 9.29. The molecule has 1 N–H and O–H groups in total. The van der Waals surface area contributed by atoms with Crippen LogP contribution in [0, 0.1) is 0 Å². The number of piperazine rings is 1. The average Bonchev–Trinajstić information content (AvgIpc) is 2.47. The third kappa shape index (κ3) is 4.50. The molecule has 3 nitrogen and oxygen atoms in total. The topological polar surface area (TPSA) is 26.7 Å². The summed E-state index contributed by atoms with van der Waals surface area (Å²) in [4.78, 5) is 5.19. The van der Waals surface area contributed by atoms with Gasteiger partial charge in [0.15, 0.2) is 0 Å². The highest BCUT2D eigenvalue weighted by molar-refractivity contribution is 5.25. The lowest BCUT2D eigenvalue weighted by atomic mass is 10.0. The molecule has 0 spiro atoms. The van der Waals surface area contributed by atoms with E-state index < -0.39 is 0 Å². The summed E-state index contributed by atoms with van der Waals surface area (Å²) in [5.74, 6) is 0.355. The summed E-state index contributed by atoms with van der Waals surface area (Å²) in [5, 5.41) is 9.29. The van der Waals surface area contributed by atoms with Crippen molar-refractivity contribution in [2.24, 2.45) is 0 Å². The number of hydrogen-bond acceptors (Lipinski definition) is 3. The molecule has 1 saturated heterocycles. The molecule has 1 heterocycles. The molecule has 1 atom stereocenters. The quantitative estimate of drug-likeness (QED) is 0.865. The Balaban J connectivity index is 1.72. The molecular weight excluding hydrogens is 248 g/mol. The predicted molar refractivity (Wildman–Crippen MR) is 84.2 cm³/mol. The normalized spacial score (nSPS) is 19.1. The molecule has 1 aliphatic heterocycles. The SMILES string of the molecule is CCCN1CCN(C(C)CCc2ccc(O)cc2)CC1. The Hall–Kier alpha value is -1.06. The van der Waals surface area contributed by atoms with Crippen molar-refractivity contribution in [1.29, 1.82) is 0 Å². The predicted octanol–water partition coefficient (Wildman–Crippen LogP) is 2.74. The third-order valence-corrected chi connectivity index (χ3v) is 4.36. The first-order chi connectivity index (χ1) is 9.69. The Bertz CT molecular complexity index is 382. The fourth-order valence-corrected chi connectivity index (χ4v) is 2.96. The molecule has 0 aliphatic carbocycles. The molecule has 1 aromatic carbocycles. The summed E-state index contributed by atoms with van der Waals surface area (Å²) in [6.45, 7) is 10.7. The monoisotopic (exact) mass is 276 g/mol. The molecule has 0 aromatic heterocycles. The molecule has 1 fully saturated rings. The van der Waals surface area contributed by atoms with E-state index in [1.54, 1.807) is 12.1 Å². The highest BCUT2D eigenvalue weighted by atomic mass is 16.3. The van der Waals surface area contributed by atoms with Gasteiger partial charge in [0.05, 0.1) is 0 Å². The second kappa shape index (κ2) is 7.65. The maximum Gasteiger partial charge on any atom is 0.115 e. The maximum absolute atomic E-state index is 9.29. The van der Waals surface area contributed by atoms with Gasteiger partial charge in [0, 0.05) is 32.2 Å². The molecule has 112 valence electrons. The molecule has 0 saturated carbocycles. The van der Waals surface area contributed by atoms with Gasteiger partial charge < -0.3 is 10.0 Å². The number of aryl methyl sites for hydroxylation is 1. The van der Waals surface area contributed by atoms with Gasteiger partial charge in [-0.2, -0.15) is 0 Å². The number of rotatable bonds is 6. The molecule has 1 aromatic rings. The van der Waals surface area contributed by atoms with Crippen molar-refractivity contribution in [3.05, 3.63) is 29.8 Å². The minimum Gasteiger partial charge on any atom is -0.508 e. The Morgan fingerprint density at radius 3 is 2.35 bits per heavy atom. The molecule has 0 radical (unpaired) electrons. The number of benzene rings is 1. The lowest BCUT2D eigenvalue weighted by Gasteiger charge is -2.38. The van der Waals surface area contributed by atoms with Crippen LogP contribution in [0.25, 0.3) is 0 Å². The smallest absolute Gasteiger partial charge is 0.115 e. The van der Waals surface area contributed by atoms with Gasteiger partial charge in [-0.1, -0.05) is 19.1 Å². The zero-order valence-corrected chi connectivity index (χ0v) is 12.9. The van der Waals surface area contributed by atoms with E-state index in [9.17, 15) is 5.11 Å². The average molecular weight is 276 g/mol. The van der Waals surface area contributed by atoms with E-state index in [0.717, 1.165) is 6.42 Å². The van der Waals surface area contributed by atoms with E-state index in [2.05, 4.69) is 23.6 Å². The summed E-state index contributed by atoms with van der Waals surface area (Å²) >= 11 is 0. The second-order valence-corrected chi connectivity index (χ2v) is 5.93. The van der Waals surface area contributed by atoms with Gasteiger partial charge in [-0.05, 0) is 50.4 Å². The standard InChI is InChI=1S/C17H28N2O/c1-3-10-18-11-13-19(14-12-18)15(2)4-5-16-6-8-17(20)9-7-16/h6-9,15,20H,3-5,10-14H2,1-2H3. The first kappa shape index (κ1) is 15.3. The van der Waals surface area contributed by atoms with E-state index in [0.29, 0.717) is 11.8 Å². The summed E-state index contributed by atoms with van der Waals surface area (Å²) in [5.41, 5.74) is 1.32. The van der Waals surface area contributed by atoms with E-state index in [-0.39, 0.29) is 0 Å². The number of phenolic OH excluding ortho intramolecular Hbond substituents is 1. The largest absolute Gasteiger partial charge is 0.508 e. The van der Waals surface area contributed by atoms with E-state index in [1.165, 1.54) is 51.1 Å². The molecular formula is C17H28N2O. The van der Waals surface area contributed by atoms with Crippen molar-refractivity contribution >= 4 is 0 Å². The highest BCUT2D eigenvalue weighted by Crippen LogP contribution is 2.15. The van der Waals surface area contributed by atoms with Crippen LogP contribution in [0.2, 0.25) is 0 Å². The Morgan fingerprint density at radius 2 is 1.75 bits per heavy atom. The van der Waals surface area contributed by atoms with Crippen molar-refractivity contribution in [3.8, 4) is 5.75 Å². The lowest BCUT2D eigenvalue weighted by Crippen LogP contribution is -2.49. The number of hydrogen-bond donors (Lipinski definition) is 1. The minimum atomic E-state index is 0.355. The van der Waals surface area contributed by atoms with Gasteiger partial charge in [-0.3, -0.25) is 4.90 Å². The Morgan fingerprint density at radius 1 is 1.10 bits per heavy atom. The van der Waals surface area contributed by atoms with Crippen LogP contribution in [0.15, 0.2) is 24.3 Å². The van der Waals surface area contributed by atoms with E-state index in [4.69, 9.17) is 0 Å². The number of nitrogens with zero attached hydrogens (tertiary/aromatic N) is 2. The van der Waals surface area contributed by atoms with Crippen molar-refractivity contribution in [1.82, 2.24) is 9.80 Å². The van der Waals surface area contributed by atoms with Gasteiger partial charge in [-0.25, -0.2) is 0 Å². The lowest BCUT2D eigenvalue weighted by molar-refractivity contribution is 0.0990. The summed E-state index contributed by atoms with van der Waals surface area (Å²) < 4.78 is 0. The van der Waals surface area contributed by atoms with Crippen LogP contribution in [-0.2, 0) is 6.42 Å². The van der Waals surface area contributed by atoms with Crippen LogP contribution in [-0.4, -0.2) is 53.7 Å². The minimum absolute atomic E-state index is 0.355. The van der Waals surface area contributed by atoms with Crippen LogP contribution < -0.4 is 0 Å². The number of phenols is 1. The Kier molecular flexibility index (Phi) is 5.86. The van der Waals surface area contributed by atoms with Crippen molar-refractivity contribution < 1.29 is 5.11 Å². The first-order valence-electron chi connectivity index (χ1n) is 7.93. The van der Waals surface area contributed by atoms with Crippen molar-refractivity contribution in [3.63, 3.8) is 0 Å². The second-order valence-electron chi connectivity index (χ2n) is 5.93. The summed E-state index contributed by atoms with van der Waals surface area (Å²) in [7, 11) is 0. The third-order valence-electron chi connectivity index (χ3n) is 4.36. The van der Waals surface area contributed by atoms with Crippen LogP contribution in [0.3, 0.4) is 0 Å². The van der Waals surface area contributed by atoms with Gasteiger partial charge >= 0.3 is 0 Å².